The largest absolute Gasteiger partial charge is 0.449 e. The molecule has 1 aromatic heterocycles. The molecule has 1 aliphatic carbocycles. The molecule has 3 rings (SSSR count). The summed E-state index contributed by atoms with van der Waals surface area (Å²) in [5.74, 6) is -0.706. The molecule has 1 atom stereocenters. The van der Waals surface area contributed by atoms with E-state index in [0.717, 1.165) is 31.2 Å². The summed E-state index contributed by atoms with van der Waals surface area (Å²) in [4.78, 5) is 24.5. The van der Waals surface area contributed by atoms with Crippen LogP contribution < -0.4 is 5.32 Å². The minimum absolute atomic E-state index is 0.207. The highest BCUT2D eigenvalue weighted by Gasteiger charge is 2.22. The van der Waals surface area contributed by atoms with Gasteiger partial charge >= 0.3 is 5.97 Å². The van der Waals surface area contributed by atoms with Crippen molar-refractivity contribution in [3.8, 4) is 0 Å². The Morgan fingerprint density at radius 1 is 1.23 bits per heavy atom. The van der Waals surface area contributed by atoms with E-state index in [-0.39, 0.29) is 11.9 Å². The molecular weight excluding hydrogens is 330 g/mol. The number of hydrogen-bond acceptors (Lipinski definition) is 4. The summed E-state index contributed by atoms with van der Waals surface area (Å²) in [6, 6.07) is 9.24. The lowest BCUT2D eigenvalue weighted by Gasteiger charge is -2.24. The van der Waals surface area contributed by atoms with Gasteiger partial charge in [0.1, 0.15) is 0 Å². The lowest BCUT2D eigenvalue weighted by Crippen LogP contribution is -2.42. The lowest BCUT2D eigenvalue weighted by molar-refractivity contribution is -0.130. The monoisotopic (exact) mass is 355 g/mol. The summed E-state index contributed by atoms with van der Waals surface area (Å²) in [7, 11) is 0. The Bertz CT molecular complexity index is 719. The fraction of sp³-hybridized carbons (Fsp3) is 0.450. The predicted octanol–water partition coefficient (Wildman–Crippen LogP) is 2.93. The Kier molecular flexibility index (Phi) is 6.04. The van der Waals surface area contributed by atoms with Crippen LogP contribution in [0.15, 0.2) is 42.7 Å². The van der Waals surface area contributed by atoms with Crippen molar-refractivity contribution in [3.05, 3.63) is 53.9 Å². The Hall–Kier alpha value is -2.63. The quantitative estimate of drug-likeness (QED) is 0.809. The van der Waals surface area contributed by atoms with Gasteiger partial charge in [-0.05, 0) is 43.5 Å². The van der Waals surface area contributed by atoms with E-state index in [0.29, 0.717) is 12.1 Å². The van der Waals surface area contributed by atoms with Crippen LogP contribution >= 0.6 is 0 Å². The van der Waals surface area contributed by atoms with Gasteiger partial charge in [-0.25, -0.2) is 4.79 Å². The van der Waals surface area contributed by atoms with Gasteiger partial charge in [-0.1, -0.05) is 31.4 Å². The number of esters is 1. The van der Waals surface area contributed by atoms with E-state index >= 15 is 0 Å². The van der Waals surface area contributed by atoms with Crippen molar-refractivity contribution in [3.63, 3.8) is 0 Å². The summed E-state index contributed by atoms with van der Waals surface area (Å²) in [6.07, 6.45) is 8.34. The summed E-state index contributed by atoms with van der Waals surface area (Å²) in [6.45, 7) is 2.25. The van der Waals surface area contributed by atoms with Crippen molar-refractivity contribution in [2.24, 2.45) is 0 Å². The molecule has 1 unspecified atom stereocenters. The molecule has 1 aromatic carbocycles. The zero-order chi connectivity index (χ0) is 18.4. The van der Waals surface area contributed by atoms with E-state index in [1.807, 2.05) is 29.1 Å². The summed E-state index contributed by atoms with van der Waals surface area (Å²) in [5.41, 5.74) is 1.47. The molecule has 0 spiro atoms. The van der Waals surface area contributed by atoms with Crippen LogP contribution in [0.2, 0.25) is 0 Å². The van der Waals surface area contributed by atoms with Crippen LogP contribution in [-0.2, 0) is 16.1 Å². The van der Waals surface area contributed by atoms with Crippen molar-refractivity contribution >= 4 is 11.9 Å². The van der Waals surface area contributed by atoms with Crippen LogP contribution in [-0.4, -0.2) is 33.8 Å². The molecule has 26 heavy (non-hydrogen) atoms. The standard InChI is InChI=1S/C20H25N3O3/c1-15(19(24)22-18-6-3-2-4-7-18)26-20(25)17-10-8-16(9-11-17)14-23-13-5-12-21-23/h5,8-13,15,18H,2-4,6-7,14H2,1H3,(H,22,24). The Balaban J connectivity index is 1.50. The zero-order valence-electron chi connectivity index (χ0n) is 15.1. The molecule has 0 bridgehead atoms. The first kappa shape index (κ1) is 18.2. The van der Waals surface area contributed by atoms with Crippen molar-refractivity contribution in [1.29, 1.82) is 0 Å². The van der Waals surface area contributed by atoms with Gasteiger partial charge in [0, 0.05) is 18.4 Å². The van der Waals surface area contributed by atoms with Crippen LogP contribution in [0.25, 0.3) is 0 Å². The number of rotatable bonds is 6. The molecule has 0 saturated heterocycles. The first-order chi connectivity index (χ1) is 12.6. The van der Waals surface area contributed by atoms with E-state index < -0.39 is 12.1 Å². The number of benzene rings is 1. The van der Waals surface area contributed by atoms with Gasteiger partial charge < -0.3 is 10.1 Å². The second-order valence-electron chi connectivity index (χ2n) is 6.79. The normalized spacial score (nSPS) is 16.0. The lowest BCUT2D eigenvalue weighted by atomic mass is 9.95. The molecule has 0 aliphatic heterocycles. The second kappa shape index (κ2) is 8.65. The fourth-order valence-electron chi connectivity index (χ4n) is 3.17. The van der Waals surface area contributed by atoms with Gasteiger partial charge in [-0.2, -0.15) is 5.10 Å². The van der Waals surface area contributed by atoms with E-state index in [2.05, 4.69) is 10.4 Å². The number of ether oxygens (including phenoxy) is 1. The highest BCUT2D eigenvalue weighted by Crippen LogP contribution is 2.17. The third-order valence-corrected chi connectivity index (χ3v) is 4.70. The third-order valence-electron chi connectivity index (χ3n) is 4.70. The average Bonchev–Trinajstić information content (AvgIpc) is 3.16. The van der Waals surface area contributed by atoms with Crippen LogP contribution in [0.3, 0.4) is 0 Å². The highest BCUT2D eigenvalue weighted by atomic mass is 16.5. The summed E-state index contributed by atoms with van der Waals surface area (Å²) >= 11 is 0. The highest BCUT2D eigenvalue weighted by molar-refractivity contribution is 5.92. The maximum atomic E-state index is 12.3. The molecule has 2 aromatic rings. The van der Waals surface area contributed by atoms with Crippen LogP contribution in [0.5, 0.6) is 0 Å². The van der Waals surface area contributed by atoms with Crippen molar-refractivity contribution in [2.45, 2.75) is 57.7 Å². The smallest absolute Gasteiger partial charge is 0.338 e. The third kappa shape index (κ3) is 4.94. The van der Waals surface area contributed by atoms with E-state index in [1.54, 1.807) is 25.3 Å². The van der Waals surface area contributed by atoms with Gasteiger partial charge in [0.2, 0.25) is 0 Å². The van der Waals surface area contributed by atoms with Crippen molar-refractivity contribution < 1.29 is 14.3 Å². The number of hydrogen-bond donors (Lipinski definition) is 1. The van der Waals surface area contributed by atoms with Crippen molar-refractivity contribution in [2.75, 3.05) is 0 Å². The Morgan fingerprint density at radius 3 is 2.62 bits per heavy atom. The zero-order valence-corrected chi connectivity index (χ0v) is 15.1. The van der Waals surface area contributed by atoms with Gasteiger partial charge in [0.15, 0.2) is 6.10 Å². The fourth-order valence-corrected chi connectivity index (χ4v) is 3.17. The van der Waals surface area contributed by atoms with Gasteiger partial charge in [-0.3, -0.25) is 9.48 Å². The molecular formula is C20H25N3O3. The van der Waals surface area contributed by atoms with Crippen LogP contribution in [0.1, 0.15) is 54.9 Å². The molecule has 6 heteroatoms. The Morgan fingerprint density at radius 2 is 1.96 bits per heavy atom. The summed E-state index contributed by atoms with van der Waals surface area (Å²) in [5, 5.41) is 7.14. The molecule has 1 amide bonds. The maximum absolute atomic E-state index is 12.3. The number of nitrogens with one attached hydrogen (secondary N) is 1. The number of carbonyl (C=O) groups excluding carboxylic acids is 2. The molecule has 6 nitrogen and oxygen atoms in total. The molecule has 0 radical (unpaired) electrons. The summed E-state index contributed by atoms with van der Waals surface area (Å²) < 4.78 is 7.13. The number of amides is 1. The number of aromatic nitrogens is 2. The van der Waals surface area contributed by atoms with Crippen LogP contribution in [0.4, 0.5) is 0 Å². The SMILES string of the molecule is CC(OC(=O)c1ccc(Cn2cccn2)cc1)C(=O)NC1CCCCC1. The first-order valence-corrected chi connectivity index (χ1v) is 9.19. The molecule has 1 fully saturated rings. The Labute approximate surface area is 153 Å². The molecule has 1 aliphatic rings. The van der Waals surface area contributed by atoms with Crippen molar-refractivity contribution in [1.82, 2.24) is 15.1 Å². The molecule has 1 saturated carbocycles. The van der Waals surface area contributed by atoms with Crippen LogP contribution in [0, 0.1) is 0 Å². The second-order valence-corrected chi connectivity index (χ2v) is 6.79. The molecule has 1 N–H and O–H groups in total. The van der Waals surface area contributed by atoms with E-state index in [9.17, 15) is 9.59 Å². The van der Waals surface area contributed by atoms with Gasteiger partial charge in [-0.15, -0.1) is 0 Å². The molecule has 1 heterocycles. The minimum atomic E-state index is -0.798. The predicted molar refractivity (Wildman–Crippen MR) is 97.7 cm³/mol. The van der Waals surface area contributed by atoms with Gasteiger partial charge in [0.25, 0.3) is 5.91 Å². The minimum Gasteiger partial charge on any atom is -0.449 e. The average molecular weight is 355 g/mol. The van der Waals surface area contributed by atoms with E-state index in [1.165, 1.54) is 6.42 Å². The maximum Gasteiger partial charge on any atom is 0.338 e. The number of nitrogens with zero attached hydrogens (tertiary/aromatic N) is 2. The molecule has 138 valence electrons. The van der Waals surface area contributed by atoms with Gasteiger partial charge in [0.05, 0.1) is 12.1 Å². The van der Waals surface area contributed by atoms with E-state index in [4.69, 9.17) is 4.74 Å². The number of carbonyl (C=O) groups is 2. The topological polar surface area (TPSA) is 73.2 Å². The first-order valence-electron chi connectivity index (χ1n) is 9.19.